The number of likely N-dealkylation sites (tertiary alicyclic amines) is 1. The van der Waals surface area contributed by atoms with Crippen LogP contribution in [-0.4, -0.2) is 47.1 Å². The van der Waals surface area contributed by atoms with Crippen LogP contribution in [0.25, 0.3) is 10.9 Å². The van der Waals surface area contributed by atoms with Gasteiger partial charge in [0.15, 0.2) is 5.78 Å². The van der Waals surface area contributed by atoms with Crippen LogP contribution in [-0.2, 0) is 6.54 Å². The number of Topliss-reactive ketones (excluding diaryl/α,β-unsaturated/α-hetero) is 1. The van der Waals surface area contributed by atoms with E-state index in [1.165, 1.54) is 12.1 Å². The molecule has 1 saturated heterocycles. The van der Waals surface area contributed by atoms with Gasteiger partial charge in [-0.15, -0.1) is 0 Å². The molecule has 32 heavy (non-hydrogen) atoms. The number of ether oxygens (including phenoxy) is 1. The molecule has 0 amide bonds. The van der Waals surface area contributed by atoms with Gasteiger partial charge in [-0.2, -0.15) is 5.10 Å². The van der Waals surface area contributed by atoms with Gasteiger partial charge in [0.25, 0.3) is 0 Å². The zero-order valence-electron chi connectivity index (χ0n) is 18.6. The van der Waals surface area contributed by atoms with Crippen molar-refractivity contribution in [1.82, 2.24) is 15.1 Å². The monoisotopic (exact) mass is 438 g/mol. The molecular formula is C25H31FN4O2. The first-order chi connectivity index (χ1) is 15.6. The molecule has 2 aromatic carbocycles. The smallest absolute Gasteiger partial charge is 0.162 e. The summed E-state index contributed by atoms with van der Waals surface area (Å²) < 4.78 is 19.4. The minimum atomic E-state index is -0.253. The summed E-state index contributed by atoms with van der Waals surface area (Å²) in [7, 11) is 0. The van der Waals surface area contributed by atoms with Crippen LogP contribution in [0.3, 0.4) is 0 Å². The summed E-state index contributed by atoms with van der Waals surface area (Å²) in [5, 5.41) is 8.44. The van der Waals surface area contributed by atoms with Crippen LogP contribution >= 0.6 is 0 Å². The molecule has 0 unspecified atom stereocenters. The highest BCUT2D eigenvalue weighted by atomic mass is 19.1. The number of nitrogens with two attached hydrogens (primary N) is 1. The molecule has 2 heterocycles. The molecule has 1 aromatic heterocycles. The van der Waals surface area contributed by atoms with Crippen LogP contribution in [0.2, 0.25) is 0 Å². The minimum absolute atomic E-state index is 0.116. The molecule has 0 spiro atoms. The fraction of sp³-hybridized carbons (Fsp3) is 0.440. The van der Waals surface area contributed by atoms with Gasteiger partial charge in [0, 0.05) is 53.7 Å². The maximum Gasteiger partial charge on any atom is 0.162 e. The Labute approximate surface area is 187 Å². The van der Waals surface area contributed by atoms with E-state index in [0.29, 0.717) is 36.6 Å². The summed E-state index contributed by atoms with van der Waals surface area (Å²) in [5.74, 6) is 1.05. The number of benzene rings is 2. The predicted molar refractivity (Wildman–Crippen MR) is 124 cm³/mol. The van der Waals surface area contributed by atoms with Gasteiger partial charge < -0.3 is 15.4 Å². The van der Waals surface area contributed by atoms with E-state index in [2.05, 4.69) is 15.1 Å². The quantitative estimate of drug-likeness (QED) is 0.382. The van der Waals surface area contributed by atoms with E-state index < -0.39 is 0 Å². The van der Waals surface area contributed by atoms with Crippen LogP contribution in [0.4, 0.5) is 4.39 Å². The van der Waals surface area contributed by atoms with Crippen LogP contribution in [0.15, 0.2) is 36.4 Å². The van der Waals surface area contributed by atoms with E-state index in [4.69, 9.17) is 10.5 Å². The Kier molecular flexibility index (Phi) is 7.17. The Morgan fingerprint density at radius 2 is 2.06 bits per heavy atom. The Balaban J connectivity index is 1.24. The maximum absolute atomic E-state index is 13.4. The van der Waals surface area contributed by atoms with Crippen molar-refractivity contribution in [3.05, 3.63) is 59.0 Å². The van der Waals surface area contributed by atoms with Crippen molar-refractivity contribution >= 4 is 16.7 Å². The van der Waals surface area contributed by atoms with E-state index in [1.807, 2.05) is 31.2 Å². The first-order valence-corrected chi connectivity index (χ1v) is 11.4. The van der Waals surface area contributed by atoms with Gasteiger partial charge in [-0.25, -0.2) is 4.39 Å². The molecule has 0 aliphatic carbocycles. The fourth-order valence-corrected chi connectivity index (χ4v) is 4.49. The number of halogens is 1. The SMILES string of the molecule is CCC(=O)c1ccc(OCCCN2CCC(c3[nH]nc4cc(F)ccc34)CC2)c(CN)c1. The third kappa shape index (κ3) is 5.00. The molecule has 4 rings (SSSR count). The second-order valence-corrected chi connectivity index (χ2v) is 8.42. The third-order valence-electron chi connectivity index (χ3n) is 6.34. The summed E-state index contributed by atoms with van der Waals surface area (Å²) in [6.07, 6.45) is 3.52. The fourth-order valence-electron chi connectivity index (χ4n) is 4.49. The van der Waals surface area contributed by atoms with Gasteiger partial charge in [-0.3, -0.25) is 9.89 Å². The number of aromatic amines is 1. The standard InChI is InChI=1S/C25H31FN4O2/c1-2-23(31)18-4-7-24(19(14-18)16-27)32-13-3-10-30-11-8-17(9-12-30)25-21-6-5-20(26)15-22(21)28-29-25/h4-7,14-15,17H,2-3,8-13,16,27H2,1H3,(H,28,29). The molecular weight excluding hydrogens is 407 g/mol. The number of nitrogens with zero attached hydrogens (tertiary/aromatic N) is 2. The number of nitrogens with one attached hydrogen (secondary N) is 1. The van der Waals surface area contributed by atoms with Gasteiger partial charge in [0.2, 0.25) is 0 Å². The number of fused-ring (bicyclic) bond motifs is 1. The van der Waals surface area contributed by atoms with Crippen molar-refractivity contribution in [3.8, 4) is 5.75 Å². The molecule has 1 aliphatic heterocycles. The number of H-pyrrole nitrogens is 1. The average molecular weight is 439 g/mol. The van der Waals surface area contributed by atoms with Gasteiger partial charge in [0.05, 0.1) is 12.1 Å². The molecule has 0 saturated carbocycles. The van der Waals surface area contributed by atoms with E-state index in [0.717, 1.165) is 61.3 Å². The second-order valence-electron chi connectivity index (χ2n) is 8.42. The molecule has 0 bridgehead atoms. The topological polar surface area (TPSA) is 84.2 Å². The zero-order valence-corrected chi connectivity index (χ0v) is 18.6. The molecule has 1 fully saturated rings. The maximum atomic E-state index is 13.4. The highest BCUT2D eigenvalue weighted by Gasteiger charge is 2.23. The number of carbonyl (C=O) groups excluding carboxylic acids is 1. The molecule has 3 N–H and O–H groups in total. The lowest BCUT2D eigenvalue weighted by Crippen LogP contribution is -2.34. The number of ketones is 1. The largest absolute Gasteiger partial charge is 0.493 e. The lowest BCUT2D eigenvalue weighted by atomic mass is 9.91. The third-order valence-corrected chi connectivity index (χ3v) is 6.34. The lowest BCUT2D eigenvalue weighted by molar-refractivity contribution is 0.0988. The number of carbonyl (C=O) groups is 1. The van der Waals surface area contributed by atoms with Crippen molar-refractivity contribution in [3.63, 3.8) is 0 Å². The van der Waals surface area contributed by atoms with E-state index in [9.17, 15) is 9.18 Å². The average Bonchev–Trinajstić information content (AvgIpc) is 3.24. The highest BCUT2D eigenvalue weighted by molar-refractivity contribution is 5.96. The Hall–Kier alpha value is -2.77. The number of aromatic nitrogens is 2. The van der Waals surface area contributed by atoms with Crippen molar-refractivity contribution < 1.29 is 13.9 Å². The highest BCUT2D eigenvalue weighted by Crippen LogP contribution is 2.31. The number of hydrogen-bond acceptors (Lipinski definition) is 5. The molecule has 6 nitrogen and oxygen atoms in total. The van der Waals surface area contributed by atoms with Gasteiger partial charge in [-0.1, -0.05) is 6.92 Å². The van der Waals surface area contributed by atoms with Crippen molar-refractivity contribution in [2.24, 2.45) is 5.73 Å². The lowest BCUT2D eigenvalue weighted by Gasteiger charge is -2.31. The summed E-state index contributed by atoms with van der Waals surface area (Å²) in [5.41, 5.74) is 9.24. The number of hydrogen-bond donors (Lipinski definition) is 2. The summed E-state index contributed by atoms with van der Waals surface area (Å²) >= 11 is 0. The van der Waals surface area contributed by atoms with Crippen molar-refractivity contribution in [1.29, 1.82) is 0 Å². The molecule has 0 atom stereocenters. The zero-order chi connectivity index (χ0) is 22.5. The minimum Gasteiger partial charge on any atom is -0.493 e. The molecule has 170 valence electrons. The first-order valence-electron chi connectivity index (χ1n) is 11.4. The van der Waals surface area contributed by atoms with Crippen molar-refractivity contribution in [2.45, 2.75) is 45.1 Å². The second kappa shape index (κ2) is 10.2. The Morgan fingerprint density at radius 3 is 2.81 bits per heavy atom. The van der Waals surface area contributed by atoms with Crippen LogP contribution in [0.1, 0.15) is 60.1 Å². The Bertz CT molecular complexity index is 1070. The molecule has 1 aliphatic rings. The van der Waals surface area contributed by atoms with E-state index in [1.54, 1.807) is 0 Å². The number of rotatable bonds is 9. The van der Waals surface area contributed by atoms with Gasteiger partial charge in [-0.05, 0) is 62.7 Å². The Morgan fingerprint density at radius 1 is 1.25 bits per heavy atom. The predicted octanol–water partition coefficient (Wildman–Crippen LogP) is 4.40. The van der Waals surface area contributed by atoms with Crippen LogP contribution in [0.5, 0.6) is 5.75 Å². The van der Waals surface area contributed by atoms with Crippen molar-refractivity contribution in [2.75, 3.05) is 26.2 Å². The first kappa shape index (κ1) is 22.4. The van der Waals surface area contributed by atoms with Crippen LogP contribution < -0.4 is 10.5 Å². The van der Waals surface area contributed by atoms with Crippen LogP contribution in [0, 0.1) is 5.82 Å². The van der Waals surface area contributed by atoms with E-state index in [-0.39, 0.29) is 11.6 Å². The molecule has 7 heteroatoms. The normalized spacial score (nSPS) is 15.3. The number of piperidine rings is 1. The summed E-state index contributed by atoms with van der Waals surface area (Å²) in [6.45, 7) is 5.85. The van der Waals surface area contributed by atoms with E-state index >= 15 is 0 Å². The molecule has 3 aromatic rings. The van der Waals surface area contributed by atoms with Gasteiger partial charge >= 0.3 is 0 Å². The summed E-state index contributed by atoms with van der Waals surface area (Å²) in [4.78, 5) is 14.4. The summed E-state index contributed by atoms with van der Waals surface area (Å²) in [6, 6.07) is 10.3. The molecule has 0 radical (unpaired) electrons. The van der Waals surface area contributed by atoms with Gasteiger partial charge in [0.1, 0.15) is 11.6 Å².